The minimum atomic E-state index is -4.47. The molecule has 1 unspecified atom stereocenters. The Morgan fingerprint density at radius 3 is 2.73 bits per heavy atom. The number of anilines is 1. The zero-order chi connectivity index (χ0) is 16.3. The predicted octanol–water partition coefficient (Wildman–Crippen LogP) is 1.73. The fourth-order valence-electron chi connectivity index (χ4n) is 2.30. The second-order valence-corrected chi connectivity index (χ2v) is 4.91. The smallest absolute Gasteiger partial charge is 0.405 e. The number of carbonyl (C=O) groups is 2. The number of nitrogens with zero attached hydrogens (tertiary/aromatic N) is 1. The molecule has 0 aromatic heterocycles. The molecular formula is C14H15F3N2O3. The summed E-state index contributed by atoms with van der Waals surface area (Å²) < 4.78 is 41.5. The van der Waals surface area contributed by atoms with Gasteiger partial charge in [0, 0.05) is 13.0 Å². The van der Waals surface area contributed by atoms with Crippen molar-refractivity contribution in [2.45, 2.75) is 12.6 Å². The van der Waals surface area contributed by atoms with Gasteiger partial charge in [0.1, 0.15) is 12.3 Å². The molecule has 1 heterocycles. The van der Waals surface area contributed by atoms with Crippen molar-refractivity contribution in [2.24, 2.45) is 5.92 Å². The Morgan fingerprint density at radius 1 is 1.41 bits per heavy atom. The van der Waals surface area contributed by atoms with Gasteiger partial charge in [-0.15, -0.1) is 0 Å². The summed E-state index contributed by atoms with van der Waals surface area (Å²) in [4.78, 5) is 25.1. The van der Waals surface area contributed by atoms with Gasteiger partial charge in [-0.05, 0) is 12.1 Å². The van der Waals surface area contributed by atoms with Gasteiger partial charge < -0.3 is 15.0 Å². The summed E-state index contributed by atoms with van der Waals surface area (Å²) in [6.45, 7) is -1.37. The van der Waals surface area contributed by atoms with Gasteiger partial charge in [0.05, 0.1) is 18.7 Å². The molecule has 0 saturated carbocycles. The first-order valence-corrected chi connectivity index (χ1v) is 6.59. The van der Waals surface area contributed by atoms with E-state index in [0.717, 1.165) is 0 Å². The molecule has 0 bridgehead atoms. The Hall–Kier alpha value is -2.25. The maximum Gasteiger partial charge on any atom is 0.405 e. The molecule has 0 spiro atoms. The second kappa shape index (κ2) is 6.25. The molecule has 120 valence electrons. The standard InChI is InChI=1S/C14H15F3N2O3/c1-22-11-5-3-2-4-10(11)19-7-9(6-12(19)20)13(21)18-8-14(15,16)17/h2-5,9H,6-8H2,1H3,(H,18,21). The van der Waals surface area contributed by atoms with Crippen LogP contribution in [0.1, 0.15) is 6.42 Å². The molecule has 2 amide bonds. The van der Waals surface area contributed by atoms with Gasteiger partial charge in [-0.1, -0.05) is 12.1 Å². The molecule has 1 aromatic rings. The fourth-order valence-corrected chi connectivity index (χ4v) is 2.30. The molecule has 1 aliphatic rings. The Balaban J connectivity index is 2.06. The first-order chi connectivity index (χ1) is 10.3. The summed E-state index contributed by atoms with van der Waals surface area (Å²) in [5, 5.41) is 1.81. The molecule has 1 fully saturated rings. The van der Waals surface area contributed by atoms with Gasteiger partial charge in [-0.2, -0.15) is 13.2 Å². The molecule has 1 saturated heterocycles. The monoisotopic (exact) mass is 316 g/mol. The third-order valence-corrected chi connectivity index (χ3v) is 3.33. The number of methoxy groups -OCH3 is 1. The van der Waals surface area contributed by atoms with Crippen LogP contribution in [0.25, 0.3) is 0 Å². The topological polar surface area (TPSA) is 58.6 Å². The number of rotatable bonds is 4. The highest BCUT2D eigenvalue weighted by atomic mass is 19.4. The number of carbonyl (C=O) groups excluding carboxylic acids is 2. The van der Waals surface area contributed by atoms with Crippen molar-refractivity contribution < 1.29 is 27.5 Å². The highest BCUT2D eigenvalue weighted by molar-refractivity contribution is 6.01. The van der Waals surface area contributed by atoms with Crippen molar-refractivity contribution in [3.63, 3.8) is 0 Å². The van der Waals surface area contributed by atoms with E-state index in [2.05, 4.69) is 0 Å². The van der Waals surface area contributed by atoms with E-state index in [1.165, 1.54) is 12.0 Å². The molecule has 22 heavy (non-hydrogen) atoms. The van der Waals surface area contributed by atoms with Crippen molar-refractivity contribution in [3.05, 3.63) is 24.3 Å². The summed E-state index contributed by atoms with van der Waals surface area (Å²) in [5.74, 6) is -1.44. The van der Waals surface area contributed by atoms with Crippen LogP contribution in [0.5, 0.6) is 5.75 Å². The maximum absolute atomic E-state index is 12.1. The largest absolute Gasteiger partial charge is 0.495 e. The lowest BCUT2D eigenvalue weighted by molar-refractivity contribution is -0.140. The van der Waals surface area contributed by atoms with E-state index in [4.69, 9.17) is 4.74 Å². The summed E-state index contributed by atoms with van der Waals surface area (Å²) in [7, 11) is 1.45. The number of alkyl halides is 3. The van der Waals surface area contributed by atoms with Crippen LogP contribution in [0.4, 0.5) is 18.9 Å². The fraction of sp³-hybridized carbons (Fsp3) is 0.429. The molecule has 1 atom stereocenters. The molecule has 0 radical (unpaired) electrons. The molecule has 2 rings (SSSR count). The van der Waals surface area contributed by atoms with Gasteiger partial charge in [-0.3, -0.25) is 9.59 Å². The zero-order valence-corrected chi connectivity index (χ0v) is 11.8. The highest BCUT2D eigenvalue weighted by Gasteiger charge is 2.37. The third-order valence-electron chi connectivity index (χ3n) is 3.33. The van der Waals surface area contributed by atoms with E-state index < -0.39 is 24.5 Å². The molecule has 5 nitrogen and oxygen atoms in total. The minimum absolute atomic E-state index is 0.0307. The van der Waals surface area contributed by atoms with Crippen molar-refractivity contribution in [1.29, 1.82) is 0 Å². The average Bonchev–Trinajstić information content (AvgIpc) is 2.86. The molecule has 8 heteroatoms. The molecule has 1 aliphatic heterocycles. The SMILES string of the molecule is COc1ccccc1N1CC(C(=O)NCC(F)(F)F)CC1=O. The van der Waals surface area contributed by atoms with E-state index in [0.29, 0.717) is 11.4 Å². The summed E-state index contributed by atoms with van der Waals surface area (Å²) in [6.07, 6.45) is -4.59. The quantitative estimate of drug-likeness (QED) is 0.920. The molecule has 0 aliphatic carbocycles. The zero-order valence-electron chi connectivity index (χ0n) is 11.8. The Bertz CT molecular complexity index is 575. The Morgan fingerprint density at radius 2 is 2.09 bits per heavy atom. The van der Waals surface area contributed by atoms with E-state index in [1.54, 1.807) is 24.3 Å². The highest BCUT2D eigenvalue weighted by Crippen LogP contribution is 2.32. The van der Waals surface area contributed by atoms with Crippen LogP contribution in [0.15, 0.2) is 24.3 Å². The number of ether oxygens (including phenoxy) is 1. The van der Waals surface area contributed by atoms with Gasteiger partial charge in [-0.25, -0.2) is 0 Å². The van der Waals surface area contributed by atoms with Crippen molar-refractivity contribution >= 4 is 17.5 Å². The lowest BCUT2D eigenvalue weighted by Crippen LogP contribution is -2.38. The summed E-state index contributed by atoms with van der Waals surface area (Å²) in [5.41, 5.74) is 0.501. The third kappa shape index (κ3) is 3.69. The van der Waals surface area contributed by atoms with E-state index in [1.807, 2.05) is 5.32 Å². The van der Waals surface area contributed by atoms with Crippen molar-refractivity contribution in [2.75, 3.05) is 25.1 Å². The number of para-hydroxylation sites is 2. The van der Waals surface area contributed by atoms with Gasteiger partial charge in [0.2, 0.25) is 11.8 Å². The Labute approximate surface area is 125 Å². The lowest BCUT2D eigenvalue weighted by atomic mass is 10.1. The number of hydrogen-bond donors (Lipinski definition) is 1. The second-order valence-electron chi connectivity index (χ2n) is 4.91. The molecular weight excluding hydrogens is 301 g/mol. The summed E-state index contributed by atoms with van der Waals surface area (Å²) >= 11 is 0. The van der Waals surface area contributed by atoms with E-state index in [9.17, 15) is 22.8 Å². The molecule has 1 N–H and O–H groups in total. The van der Waals surface area contributed by atoms with Crippen LogP contribution in [0.3, 0.4) is 0 Å². The van der Waals surface area contributed by atoms with Crippen molar-refractivity contribution in [1.82, 2.24) is 5.32 Å². The number of halogens is 3. The van der Waals surface area contributed by atoms with Crippen LogP contribution in [-0.4, -0.2) is 38.2 Å². The normalized spacial score (nSPS) is 18.5. The van der Waals surface area contributed by atoms with Crippen LogP contribution in [-0.2, 0) is 9.59 Å². The molecule has 1 aromatic carbocycles. The van der Waals surface area contributed by atoms with Gasteiger partial charge >= 0.3 is 6.18 Å². The Kier molecular flexibility index (Phi) is 4.58. The van der Waals surface area contributed by atoms with Crippen molar-refractivity contribution in [3.8, 4) is 5.75 Å². The van der Waals surface area contributed by atoms with Crippen LogP contribution in [0.2, 0.25) is 0 Å². The van der Waals surface area contributed by atoms with E-state index >= 15 is 0 Å². The maximum atomic E-state index is 12.1. The number of amides is 2. The number of nitrogens with one attached hydrogen (secondary N) is 1. The number of hydrogen-bond acceptors (Lipinski definition) is 3. The van der Waals surface area contributed by atoms with E-state index in [-0.39, 0.29) is 18.9 Å². The minimum Gasteiger partial charge on any atom is -0.495 e. The van der Waals surface area contributed by atoms with Crippen LogP contribution >= 0.6 is 0 Å². The van der Waals surface area contributed by atoms with Gasteiger partial charge in [0.25, 0.3) is 0 Å². The predicted molar refractivity (Wildman–Crippen MR) is 72.5 cm³/mol. The first kappa shape index (κ1) is 16.1. The van der Waals surface area contributed by atoms with Crippen LogP contribution in [0, 0.1) is 5.92 Å². The lowest BCUT2D eigenvalue weighted by Gasteiger charge is -2.19. The first-order valence-electron chi connectivity index (χ1n) is 6.59. The van der Waals surface area contributed by atoms with Crippen LogP contribution < -0.4 is 15.0 Å². The van der Waals surface area contributed by atoms with Gasteiger partial charge in [0.15, 0.2) is 0 Å². The number of benzene rings is 1. The summed E-state index contributed by atoms with van der Waals surface area (Å²) in [6, 6.07) is 6.77. The average molecular weight is 316 g/mol.